The van der Waals surface area contributed by atoms with Crippen molar-refractivity contribution in [3.05, 3.63) is 48.8 Å². The Hall–Kier alpha value is -1.57. The molecule has 0 atom stereocenters. The van der Waals surface area contributed by atoms with Crippen LogP contribution < -0.4 is 5.46 Å². The van der Waals surface area contributed by atoms with E-state index in [0.717, 1.165) is 0 Å². The standard InChI is InChI=1S/C15H18BN/c1-3-16(4-2)15-9-7-13(8-10-15)14-6-5-11-17-12-14/h5-12H,3-4H2,1-2H3. The second kappa shape index (κ2) is 5.67. The predicted molar refractivity (Wildman–Crippen MR) is 76.0 cm³/mol. The topological polar surface area (TPSA) is 12.9 Å². The maximum atomic E-state index is 4.15. The molecular formula is C15H18BN. The van der Waals surface area contributed by atoms with Crippen LogP contribution in [0.3, 0.4) is 0 Å². The molecule has 1 heterocycles. The Morgan fingerprint density at radius 3 is 2.18 bits per heavy atom. The number of benzene rings is 1. The van der Waals surface area contributed by atoms with E-state index in [1.54, 1.807) is 0 Å². The third-order valence-corrected chi connectivity index (χ3v) is 3.36. The number of pyridine rings is 1. The van der Waals surface area contributed by atoms with Crippen molar-refractivity contribution < 1.29 is 0 Å². The summed E-state index contributed by atoms with van der Waals surface area (Å²) in [6.07, 6.45) is 6.14. The first kappa shape index (κ1) is 11.9. The second-order valence-electron chi connectivity index (χ2n) is 4.38. The van der Waals surface area contributed by atoms with Gasteiger partial charge in [0.15, 0.2) is 6.71 Å². The minimum absolute atomic E-state index is 0.693. The predicted octanol–water partition coefficient (Wildman–Crippen LogP) is 3.49. The highest BCUT2D eigenvalue weighted by atomic mass is 14.6. The molecule has 0 aliphatic heterocycles. The highest BCUT2D eigenvalue weighted by Crippen LogP contribution is 2.16. The van der Waals surface area contributed by atoms with Crippen LogP contribution in [0.1, 0.15) is 13.8 Å². The average Bonchev–Trinajstić information content (AvgIpc) is 2.42. The molecule has 0 spiro atoms. The summed E-state index contributed by atoms with van der Waals surface area (Å²) in [6, 6.07) is 13.0. The molecule has 2 heteroatoms. The van der Waals surface area contributed by atoms with Crippen molar-refractivity contribution in [3.8, 4) is 11.1 Å². The SMILES string of the molecule is CCB(CC)c1ccc(-c2cccnc2)cc1. The molecule has 0 N–H and O–H groups in total. The Bertz CT molecular complexity index is 446. The first-order valence-electron chi connectivity index (χ1n) is 6.35. The van der Waals surface area contributed by atoms with Crippen molar-refractivity contribution >= 4 is 12.2 Å². The van der Waals surface area contributed by atoms with E-state index in [2.05, 4.69) is 49.2 Å². The zero-order valence-corrected chi connectivity index (χ0v) is 10.6. The summed E-state index contributed by atoms with van der Waals surface area (Å²) in [5.74, 6) is 0. The molecule has 0 aliphatic carbocycles. The molecule has 1 aromatic heterocycles. The Morgan fingerprint density at radius 2 is 1.65 bits per heavy atom. The Kier molecular flexibility index (Phi) is 3.97. The van der Waals surface area contributed by atoms with Crippen molar-refractivity contribution in [2.24, 2.45) is 0 Å². The van der Waals surface area contributed by atoms with Gasteiger partial charge >= 0.3 is 0 Å². The largest absolute Gasteiger partial charge is 0.264 e. The fourth-order valence-corrected chi connectivity index (χ4v) is 2.24. The monoisotopic (exact) mass is 223 g/mol. The molecule has 0 amide bonds. The highest BCUT2D eigenvalue weighted by Gasteiger charge is 2.10. The fraction of sp³-hybridized carbons (Fsp3) is 0.267. The minimum Gasteiger partial charge on any atom is -0.264 e. The second-order valence-corrected chi connectivity index (χ2v) is 4.38. The highest BCUT2D eigenvalue weighted by molar-refractivity contribution is 6.73. The number of nitrogens with zero attached hydrogens (tertiary/aromatic N) is 1. The Balaban J connectivity index is 2.24. The van der Waals surface area contributed by atoms with Gasteiger partial charge in [-0.15, -0.1) is 0 Å². The summed E-state index contributed by atoms with van der Waals surface area (Å²) in [7, 11) is 0. The molecule has 0 saturated heterocycles. The van der Waals surface area contributed by atoms with Crippen molar-refractivity contribution in [1.82, 2.24) is 4.98 Å². The van der Waals surface area contributed by atoms with Crippen molar-refractivity contribution in [2.45, 2.75) is 26.5 Å². The van der Waals surface area contributed by atoms with Gasteiger partial charge in [-0.2, -0.15) is 0 Å². The lowest BCUT2D eigenvalue weighted by atomic mass is 9.41. The van der Waals surface area contributed by atoms with Crippen LogP contribution in [0.5, 0.6) is 0 Å². The molecule has 1 aromatic carbocycles. The van der Waals surface area contributed by atoms with Gasteiger partial charge in [0.25, 0.3) is 0 Å². The molecular weight excluding hydrogens is 205 g/mol. The van der Waals surface area contributed by atoms with Crippen LogP contribution in [0.2, 0.25) is 12.6 Å². The first-order chi connectivity index (χ1) is 8.35. The number of hydrogen-bond acceptors (Lipinski definition) is 1. The molecule has 0 unspecified atom stereocenters. The number of aromatic nitrogens is 1. The van der Waals surface area contributed by atoms with E-state index in [1.165, 1.54) is 29.2 Å². The van der Waals surface area contributed by atoms with E-state index in [1.807, 2.05) is 18.5 Å². The van der Waals surface area contributed by atoms with E-state index in [9.17, 15) is 0 Å². The molecule has 0 fully saturated rings. The maximum absolute atomic E-state index is 4.15. The van der Waals surface area contributed by atoms with Gasteiger partial charge in [-0.3, -0.25) is 4.98 Å². The quantitative estimate of drug-likeness (QED) is 0.723. The smallest absolute Gasteiger partial charge is 0.175 e. The van der Waals surface area contributed by atoms with Gasteiger partial charge in [0.2, 0.25) is 0 Å². The van der Waals surface area contributed by atoms with E-state index >= 15 is 0 Å². The minimum atomic E-state index is 0.693. The summed E-state index contributed by atoms with van der Waals surface area (Å²) >= 11 is 0. The van der Waals surface area contributed by atoms with E-state index in [-0.39, 0.29) is 0 Å². The number of rotatable bonds is 4. The van der Waals surface area contributed by atoms with Gasteiger partial charge in [-0.05, 0) is 17.2 Å². The summed E-state index contributed by atoms with van der Waals surface area (Å²) in [5, 5.41) is 0. The van der Waals surface area contributed by atoms with Gasteiger partial charge in [-0.1, -0.05) is 62.3 Å². The van der Waals surface area contributed by atoms with Gasteiger partial charge in [0.05, 0.1) is 0 Å². The maximum Gasteiger partial charge on any atom is 0.175 e. The molecule has 2 rings (SSSR count). The lowest BCUT2D eigenvalue weighted by molar-refractivity contribution is 1.32. The summed E-state index contributed by atoms with van der Waals surface area (Å²) < 4.78 is 0. The first-order valence-corrected chi connectivity index (χ1v) is 6.35. The molecule has 0 saturated carbocycles. The molecule has 0 radical (unpaired) electrons. The lowest BCUT2D eigenvalue weighted by Crippen LogP contribution is -2.27. The zero-order valence-electron chi connectivity index (χ0n) is 10.6. The molecule has 1 nitrogen and oxygen atoms in total. The third kappa shape index (κ3) is 2.76. The van der Waals surface area contributed by atoms with Gasteiger partial charge in [-0.25, -0.2) is 0 Å². The van der Waals surface area contributed by atoms with E-state index in [4.69, 9.17) is 0 Å². The van der Waals surface area contributed by atoms with Gasteiger partial charge < -0.3 is 0 Å². The molecule has 0 aliphatic rings. The van der Waals surface area contributed by atoms with Crippen LogP contribution >= 0.6 is 0 Å². The lowest BCUT2D eigenvalue weighted by Gasteiger charge is -2.10. The summed E-state index contributed by atoms with van der Waals surface area (Å²) in [5.41, 5.74) is 3.87. The van der Waals surface area contributed by atoms with Crippen molar-refractivity contribution in [1.29, 1.82) is 0 Å². The molecule has 86 valence electrons. The summed E-state index contributed by atoms with van der Waals surface area (Å²) in [4.78, 5) is 4.15. The molecule has 17 heavy (non-hydrogen) atoms. The third-order valence-electron chi connectivity index (χ3n) is 3.36. The van der Waals surface area contributed by atoms with E-state index in [0.29, 0.717) is 6.71 Å². The molecule has 2 aromatic rings. The van der Waals surface area contributed by atoms with Crippen LogP contribution in [0.15, 0.2) is 48.8 Å². The number of hydrogen-bond donors (Lipinski definition) is 0. The summed E-state index contributed by atoms with van der Waals surface area (Å²) in [6.45, 7) is 5.20. The van der Waals surface area contributed by atoms with Crippen LogP contribution in [-0.4, -0.2) is 11.7 Å². The van der Waals surface area contributed by atoms with Crippen LogP contribution in [0.4, 0.5) is 0 Å². The van der Waals surface area contributed by atoms with E-state index < -0.39 is 0 Å². The fourth-order valence-electron chi connectivity index (χ4n) is 2.24. The van der Waals surface area contributed by atoms with Crippen molar-refractivity contribution in [2.75, 3.05) is 0 Å². The zero-order chi connectivity index (χ0) is 12.1. The van der Waals surface area contributed by atoms with Crippen LogP contribution in [-0.2, 0) is 0 Å². The van der Waals surface area contributed by atoms with Crippen molar-refractivity contribution in [3.63, 3.8) is 0 Å². The average molecular weight is 223 g/mol. The van der Waals surface area contributed by atoms with Crippen LogP contribution in [0.25, 0.3) is 11.1 Å². The normalized spacial score (nSPS) is 10.2. The van der Waals surface area contributed by atoms with Gasteiger partial charge in [0.1, 0.15) is 0 Å². The van der Waals surface area contributed by atoms with Crippen LogP contribution in [0, 0.1) is 0 Å². The Labute approximate surface area is 104 Å². The van der Waals surface area contributed by atoms with Gasteiger partial charge in [0, 0.05) is 12.4 Å². The Morgan fingerprint density at radius 1 is 0.941 bits per heavy atom. The molecule has 0 bridgehead atoms.